The number of fused-ring (bicyclic) bond motifs is 11. The third kappa shape index (κ3) is 4.17. The van der Waals surface area contributed by atoms with Crippen molar-refractivity contribution < 1.29 is 4.42 Å². The molecule has 0 amide bonds. The van der Waals surface area contributed by atoms with Crippen molar-refractivity contribution in [2.75, 3.05) is 0 Å². The quantitative estimate of drug-likeness (QED) is 0.179. The average Bonchev–Trinajstić information content (AvgIpc) is 3.98. The molecule has 54 heavy (non-hydrogen) atoms. The van der Waals surface area contributed by atoms with Gasteiger partial charge in [0.05, 0.1) is 21.9 Å². The Balaban J connectivity index is 1.03. The molecule has 12 aromatic rings. The van der Waals surface area contributed by atoms with E-state index in [1.54, 1.807) is 0 Å². The maximum absolute atomic E-state index is 6.60. The Morgan fingerprint density at radius 1 is 0.389 bits per heavy atom. The predicted octanol–water partition coefficient (Wildman–Crippen LogP) is 14.3. The monoisotopic (exact) mass is 706 g/mol. The molecule has 0 spiro atoms. The van der Waals surface area contributed by atoms with Gasteiger partial charge >= 0.3 is 0 Å². The molecule has 0 saturated heterocycles. The third-order valence-corrected chi connectivity index (χ3v) is 12.4. The van der Waals surface area contributed by atoms with Crippen molar-refractivity contribution in [2.45, 2.75) is 0 Å². The second kappa shape index (κ2) is 11.3. The lowest BCUT2D eigenvalue weighted by molar-refractivity contribution is 0.645. The first-order valence-electron chi connectivity index (χ1n) is 18.3. The normalized spacial score (nSPS) is 12.1. The second-order valence-electron chi connectivity index (χ2n) is 14.1. The Morgan fingerprint density at radius 2 is 1.04 bits per heavy atom. The molecule has 4 heterocycles. The van der Waals surface area contributed by atoms with E-state index in [0.717, 1.165) is 39.0 Å². The van der Waals surface area contributed by atoms with Crippen molar-refractivity contribution >= 4 is 86.3 Å². The van der Waals surface area contributed by atoms with Gasteiger partial charge in [0.1, 0.15) is 5.58 Å². The van der Waals surface area contributed by atoms with Gasteiger partial charge in [-0.05, 0) is 82.9 Å². The Bertz CT molecular complexity index is 3430. The molecule has 4 heteroatoms. The number of rotatable bonds is 4. The van der Waals surface area contributed by atoms with Crippen LogP contribution < -0.4 is 0 Å². The van der Waals surface area contributed by atoms with Gasteiger partial charge in [-0.3, -0.25) is 4.57 Å². The molecule has 8 aromatic carbocycles. The first-order chi connectivity index (χ1) is 26.8. The van der Waals surface area contributed by atoms with E-state index in [0.29, 0.717) is 0 Å². The summed E-state index contributed by atoms with van der Waals surface area (Å²) in [6.07, 6.45) is 0. The Morgan fingerprint density at radius 3 is 1.93 bits per heavy atom. The number of benzene rings is 8. The van der Waals surface area contributed by atoms with Crippen LogP contribution in [0.5, 0.6) is 0 Å². The SMILES string of the molecule is c1ccc(-n2c3cccc(-c4ccc(-n5c6ccccc6c6cc(-c7cccc8c7sc7ccccc78)ccc65)cc4)c3c3c4ccccc4oc32)cc1. The number of hydrogen-bond donors (Lipinski definition) is 0. The lowest BCUT2D eigenvalue weighted by Crippen LogP contribution is -1.94. The van der Waals surface area contributed by atoms with Gasteiger partial charge in [-0.2, -0.15) is 0 Å². The summed E-state index contributed by atoms with van der Waals surface area (Å²) in [5, 5.41) is 8.64. The summed E-state index contributed by atoms with van der Waals surface area (Å²) < 4.78 is 13.9. The molecule has 12 rings (SSSR count). The molecular formula is C50H30N2OS. The van der Waals surface area contributed by atoms with E-state index in [1.807, 2.05) is 17.4 Å². The van der Waals surface area contributed by atoms with Crippen LogP contribution in [-0.2, 0) is 0 Å². The molecule has 3 nitrogen and oxygen atoms in total. The largest absolute Gasteiger partial charge is 0.439 e. The number of nitrogens with zero attached hydrogens (tertiary/aromatic N) is 2. The van der Waals surface area contributed by atoms with Crippen LogP contribution in [0.4, 0.5) is 0 Å². The van der Waals surface area contributed by atoms with Crippen molar-refractivity contribution in [3.8, 4) is 33.6 Å². The van der Waals surface area contributed by atoms with Crippen LogP contribution in [0.1, 0.15) is 0 Å². The van der Waals surface area contributed by atoms with Crippen LogP contribution in [0.25, 0.3) is 109 Å². The number of aromatic nitrogens is 2. The summed E-state index contributed by atoms with van der Waals surface area (Å²) in [5.41, 5.74) is 12.4. The highest BCUT2D eigenvalue weighted by molar-refractivity contribution is 7.26. The molecular weight excluding hydrogens is 677 g/mol. The molecule has 0 unspecified atom stereocenters. The van der Waals surface area contributed by atoms with E-state index in [9.17, 15) is 0 Å². The minimum Gasteiger partial charge on any atom is -0.439 e. The second-order valence-corrected chi connectivity index (χ2v) is 15.1. The molecule has 0 aliphatic rings. The molecule has 0 bridgehead atoms. The lowest BCUT2D eigenvalue weighted by Gasteiger charge is -2.11. The molecule has 0 aliphatic carbocycles. The van der Waals surface area contributed by atoms with Gasteiger partial charge in [0.15, 0.2) is 0 Å². The fraction of sp³-hybridized carbons (Fsp3) is 0. The highest BCUT2D eigenvalue weighted by Crippen LogP contribution is 2.45. The molecule has 0 radical (unpaired) electrons. The molecule has 0 saturated carbocycles. The number of thiophene rings is 1. The minimum atomic E-state index is 0.870. The number of furan rings is 1. The van der Waals surface area contributed by atoms with E-state index < -0.39 is 0 Å². The summed E-state index contributed by atoms with van der Waals surface area (Å²) >= 11 is 1.88. The number of para-hydroxylation sites is 3. The van der Waals surface area contributed by atoms with Gasteiger partial charge in [-0.25, -0.2) is 0 Å². The zero-order valence-electron chi connectivity index (χ0n) is 29.0. The average molecular weight is 707 g/mol. The van der Waals surface area contributed by atoms with E-state index in [4.69, 9.17) is 4.42 Å². The van der Waals surface area contributed by atoms with Gasteiger partial charge in [-0.1, -0.05) is 121 Å². The summed E-state index contributed by atoms with van der Waals surface area (Å²) in [7, 11) is 0. The number of hydrogen-bond acceptors (Lipinski definition) is 2. The minimum absolute atomic E-state index is 0.870. The Labute approximate surface area is 314 Å². The van der Waals surface area contributed by atoms with E-state index in [-0.39, 0.29) is 0 Å². The van der Waals surface area contributed by atoms with Gasteiger partial charge in [0.2, 0.25) is 5.71 Å². The van der Waals surface area contributed by atoms with E-state index >= 15 is 0 Å². The highest BCUT2D eigenvalue weighted by Gasteiger charge is 2.22. The van der Waals surface area contributed by atoms with Gasteiger partial charge in [0.25, 0.3) is 0 Å². The maximum Gasteiger partial charge on any atom is 0.213 e. The molecule has 4 aromatic heterocycles. The van der Waals surface area contributed by atoms with Crippen molar-refractivity contribution in [1.29, 1.82) is 0 Å². The topological polar surface area (TPSA) is 23.0 Å². The van der Waals surface area contributed by atoms with Crippen molar-refractivity contribution in [3.63, 3.8) is 0 Å². The van der Waals surface area contributed by atoms with Crippen LogP contribution in [0.15, 0.2) is 186 Å². The fourth-order valence-corrected chi connectivity index (χ4v) is 10.0. The first-order valence-corrected chi connectivity index (χ1v) is 19.2. The van der Waals surface area contributed by atoms with Crippen LogP contribution in [-0.4, -0.2) is 9.13 Å². The lowest BCUT2D eigenvalue weighted by atomic mass is 9.98. The summed E-state index contributed by atoms with van der Waals surface area (Å²) in [6, 6.07) is 65.8. The summed E-state index contributed by atoms with van der Waals surface area (Å²) in [6.45, 7) is 0. The van der Waals surface area contributed by atoms with Gasteiger partial charge < -0.3 is 8.98 Å². The Hall–Kier alpha value is -6.88. The zero-order chi connectivity index (χ0) is 35.3. The molecule has 252 valence electrons. The first kappa shape index (κ1) is 29.7. The smallest absolute Gasteiger partial charge is 0.213 e. The molecule has 0 aliphatic heterocycles. The van der Waals surface area contributed by atoms with Crippen molar-refractivity contribution in [3.05, 3.63) is 182 Å². The highest BCUT2D eigenvalue weighted by atomic mass is 32.1. The maximum atomic E-state index is 6.60. The van der Waals surface area contributed by atoms with Crippen molar-refractivity contribution in [2.24, 2.45) is 0 Å². The third-order valence-electron chi connectivity index (χ3n) is 11.2. The zero-order valence-corrected chi connectivity index (χ0v) is 29.8. The van der Waals surface area contributed by atoms with Gasteiger partial charge in [0, 0.05) is 53.1 Å². The van der Waals surface area contributed by atoms with Gasteiger partial charge in [-0.15, -0.1) is 11.3 Å². The molecule has 0 fully saturated rings. The van der Waals surface area contributed by atoms with E-state index in [2.05, 4.69) is 185 Å². The van der Waals surface area contributed by atoms with Crippen molar-refractivity contribution in [1.82, 2.24) is 9.13 Å². The molecule has 0 atom stereocenters. The van der Waals surface area contributed by atoms with Crippen LogP contribution in [0.2, 0.25) is 0 Å². The standard InChI is InChI=1S/C50H30N2OS/c1-2-12-33(13-3-1)52-44-21-11-17-35(47(44)48-40-16-5-8-22-45(40)53-50(48)52)31-24-27-34(28-25-31)51-42-20-7-4-14-37(42)41-30-32(26-29-43(41)51)36-18-10-19-39-38-15-6-9-23-46(38)54-49(36)39/h1-30H. The van der Waals surface area contributed by atoms with Crippen LogP contribution in [0, 0.1) is 0 Å². The molecule has 0 N–H and O–H groups in total. The van der Waals surface area contributed by atoms with Crippen LogP contribution in [0.3, 0.4) is 0 Å². The Kier molecular flexibility index (Phi) is 6.21. The summed E-state index contributed by atoms with van der Waals surface area (Å²) in [5.74, 6) is 0. The fourth-order valence-electron chi connectivity index (χ4n) is 8.79. The van der Waals surface area contributed by atoms with E-state index in [1.165, 1.54) is 69.6 Å². The summed E-state index contributed by atoms with van der Waals surface area (Å²) in [4.78, 5) is 0. The van der Waals surface area contributed by atoms with Crippen LogP contribution >= 0.6 is 11.3 Å². The predicted molar refractivity (Wildman–Crippen MR) is 229 cm³/mol.